The molecule has 2 aromatic rings. The average Bonchev–Trinajstić information content (AvgIpc) is 3.35. The van der Waals surface area contributed by atoms with Crippen LogP contribution in [-0.4, -0.2) is 88.9 Å². The minimum absolute atomic E-state index is 0.0690. The number of aromatic nitrogens is 2. The SMILES string of the molecule is COCCN1C(=O)N(C(C)C)C(=O)C12CCN(Cc1cn[nH]c1-c1ccc(OC)cc1)CC2. The molecule has 9 nitrogen and oxygen atoms in total. The van der Waals surface area contributed by atoms with Gasteiger partial charge < -0.3 is 14.4 Å². The molecule has 2 saturated heterocycles. The van der Waals surface area contributed by atoms with Crippen LogP contribution in [0.15, 0.2) is 30.5 Å². The number of methoxy groups -OCH3 is 2. The molecule has 0 bridgehead atoms. The number of rotatable bonds is 8. The van der Waals surface area contributed by atoms with Crippen LogP contribution in [0.25, 0.3) is 11.3 Å². The van der Waals surface area contributed by atoms with Crippen molar-refractivity contribution in [2.45, 2.75) is 44.8 Å². The molecule has 1 aromatic heterocycles. The zero-order valence-corrected chi connectivity index (χ0v) is 19.8. The first-order valence-electron chi connectivity index (χ1n) is 11.4. The summed E-state index contributed by atoms with van der Waals surface area (Å²) in [5.74, 6) is 0.742. The number of amides is 3. The Morgan fingerprint density at radius 3 is 2.42 bits per heavy atom. The van der Waals surface area contributed by atoms with E-state index in [9.17, 15) is 9.59 Å². The lowest BCUT2D eigenvalue weighted by Crippen LogP contribution is -2.57. The van der Waals surface area contributed by atoms with Crippen LogP contribution in [0.3, 0.4) is 0 Å². The Balaban J connectivity index is 1.48. The van der Waals surface area contributed by atoms with Gasteiger partial charge in [-0.05, 0) is 51.0 Å². The van der Waals surface area contributed by atoms with Gasteiger partial charge in [0.2, 0.25) is 0 Å². The molecular weight excluding hydrogens is 422 g/mol. The van der Waals surface area contributed by atoms with E-state index in [2.05, 4.69) is 15.1 Å². The van der Waals surface area contributed by atoms with Crippen molar-refractivity contribution in [1.29, 1.82) is 0 Å². The number of aromatic amines is 1. The first kappa shape index (κ1) is 23.3. The molecule has 178 valence electrons. The second-order valence-corrected chi connectivity index (χ2v) is 9.00. The number of nitrogens with zero attached hydrogens (tertiary/aromatic N) is 4. The molecule has 33 heavy (non-hydrogen) atoms. The molecular formula is C24H33N5O4. The molecule has 9 heteroatoms. The van der Waals surface area contributed by atoms with Crippen molar-refractivity contribution in [2.75, 3.05) is 40.5 Å². The Morgan fingerprint density at radius 2 is 1.82 bits per heavy atom. The number of H-pyrrole nitrogens is 1. The van der Waals surface area contributed by atoms with Gasteiger partial charge in [0.05, 0.1) is 25.6 Å². The molecule has 2 aliphatic heterocycles. The normalized spacial score (nSPS) is 18.7. The van der Waals surface area contributed by atoms with Crippen molar-refractivity contribution in [2.24, 2.45) is 0 Å². The fourth-order valence-electron chi connectivity index (χ4n) is 4.93. The highest BCUT2D eigenvalue weighted by Gasteiger charge is 2.58. The Morgan fingerprint density at radius 1 is 1.12 bits per heavy atom. The van der Waals surface area contributed by atoms with Crippen LogP contribution in [-0.2, 0) is 16.1 Å². The van der Waals surface area contributed by atoms with Crippen LogP contribution >= 0.6 is 0 Å². The molecule has 0 saturated carbocycles. The smallest absolute Gasteiger partial charge is 0.327 e. The summed E-state index contributed by atoms with van der Waals surface area (Å²) in [4.78, 5) is 32.0. The summed E-state index contributed by atoms with van der Waals surface area (Å²) in [6.07, 6.45) is 3.08. The highest BCUT2D eigenvalue weighted by molar-refractivity contribution is 6.07. The first-order valence-corrected chi connectivity index (χ1v) is 11.4. The summed E-state index contributed by atoms with van der Waals surface area (Å²) in [6, 6.07) is 7.53. The third kappa shape index (κ3) is 4.22. The molecule has 0 atom stereocenters. The lowest BCUT2D eigenvalue weighted by atomic mass is 9.85. The quantitative estimate of drug-likeness (QED) is 0.616. The van der Waals surface area contributed by atoms with Crippen LogP contribution in [0.4, 0.5) is 4.79 Å². The van der Waals surface area contributed by atoms with Crippen LogP contribution in [0.1, 0.15) is 32.3 Å². The van der Waals surface area contributed by atoms with Gasteiger partial charge in [-0.1, -0.05) is 0 Å². The standard InChI is InChI=1S/C24H33N5O4/c1-17(2)29-22(30)24(28(23(29)31)13-14-32-3)9-11-27(12-10-24)16-19-15-25-26-21(19)18-5-7-20(33-4)8-6-18/h5-8,15,17H,9-14,16H2,1-4H3,(H,25,26). The van der Waals surface area contributed by atoms with E-state index >= 15 is 0 Å². The number of nitrogens with one attached hydrogen (secondary N) is 1. The summed E-state index contributed by atoms with van der Waals surface area (Å²) in [5, 5.41) is 7.38. The van der Waals surface area contributed by atoms with Crippen LogP contribution in [0.2, 0.25) is 0 Å². The van der Waals surface area contributed by atoms with E-state index in [-0.39, 0.29) is 18.0 Å². The molecule has 4 rings (SSSR count). The van der Waals surface area contributed by atoms with Gasteiger partial charge in [-0.3, -0.25) is 19.7 Å². The highest BCUT2D eigenvalue weighted by Crippen LogP contribution is 2.38. The maximum Gasteiger partial charge on any atom is 0.327 e. The van der Waals surface area contributed by atoms with E-state index < -0.39 is 5.54 Å². The Kier molecular flexibility index (Phi) is 6.71. The lowest BCUT2D eigenvalue weighted by molar-refractivity contribution is -0.136. The zero-order valence-electron chi connectivity index (χ0n) is 19.8. The van der Waals surface area contributed by atoms with Crippen molar-refractivity contribution in [3.8, 4) is 17.0 Å². The van der Waals surface area contributed by atoms with Gasteiger partial charge >= 0.3 is 6.03 Å². The van der Waals surface area contributed by atoms with E-state index in [1.165, 1.54) is 4.90 Å². The van der Waals surface area contributed by atoms with Crippen molar-refractivity contribution in [1.82, 2.24) is 24.9 Å². The Bertz CT molecular complexity index is 979. The minimum atomic E-state index is -0.772. The fraction of sp³-hybridized carbons (Fsp3) is 0.542. The number of carbonyl (C=O) groups is 2. The van der Waals surface area contributed by atoms with Crippen LogP contribution in [0.5, 0.6) is 5.75 Å². The molecule has 2 aliphatic rings. The van der Waals surface area contributed by atoms with Gasteiger partial charge in [0.25, 0.3) is 5.91 Å². The maximum absolute atomic E-state index is 13.4. The molecule has 2 fully saturated rings. The highest BCUT2D eigenvalue weighted by atomic mass is 16.5. The number of piperidine rings is 1. The van der Waals surface area contributed by atoms with E-state index in [1.807, 2.05) is 44.3 Å². The Hall–Kier alpha value is -2.91. The molecule has 0 radical (unpaired) electrons. The largest absolute Gasteiger partial charge is 0.497 e. The molecule has 3 heterocycles. The summed E-state index contributed by atoms with van der Waals surface area (Å²) in [7, 11) is 3.27. The van der Waals surface area contributed by atoms with Gasteiger partial charge in [0.15, 0.2) is 0 Å². The maximum atomic E-state index is 13.4. The summed E-state index contributed by atoms with van der Waals surface area (Å²) < 4.78 is 10.5. The molecule has 1 aromatic carbocycles. The number of carbonyl (C=O) groups excluding carboxylic acids is 2. The number of imide groups is 1. The zero-order chi connectivity index (χ0) is 23.6. The number of likely N-dealkylation sites (tertiary alicyclic amines) is 1. The summed E-state index contributed by atoms with van der Waals surface area (Å²) in [5.41, 5.74) is 2.36. The minimum Gasteiger partial charge on any atom is -0.497 e. The van der Waals surface area contributed by atoms with Crippen molar-refractivity contribution < 1.29 is 19.1 Å². The van der Waals surface area contributed by atoms with E-state index in [0.717, 1.165) is 42.2 Å². The number of urea groups is 1. The van der Waals surface area contributed by atoms with Crippen LogP contribution < -0.4 is 4.74 Å². The monoisotopic (exact) mass is 455 g/mol. The lowest BCUT2D eigenvalue weighted by Gasteiger charge is -2.42. The molecule has 3 amide bonds. The van der Waals surface area contributed by atoms with Crippen LogP contribution in [0, 0.1) is 0 Å². The Labute approximate surface area is 194 Å². The molecule has 0 unspecified atom stereocenters. The predicted octanol–water partition coefficient (Wildman–Crippen LogP) is 2.74. The van der Waals surface area contributed by atoms with Gasteiger partial charge in [0, 0.05) is 50.5 Å². The topological polar surface area (TPSA) is 91.0 Å². The molecule has 0 aliphatic carbocycles. The predicted molar refractivity (Wildman–Crippen MR) is 124 cm³/mol. The number of hydrogen-bond donors (Lipinski definition) is 1. The number of ether oxygens (including phenoxy) is 2. The summed E-state index contributed by atoms with van der Waals surface area (Å²) in [6.45, 7) is 6.78. The van der Waals surface area contributed by atoms with Gasteiger partial charge in [-0.25, -0.2) is 4.79 Å². The first-order chi connectivity index (χ1) is 15.9. The van der Waals surface area contributed by atoms with Gasteiger partial charge in [-0.15, -0.1) is 0 Å². The fourth-order valence-corrected chi connectivity index (χ4v) is 4.93. The average molecular weight is 456 g/mol. The third-order valence-corrected chi connectivity index (χ3v) is 6.78. The summed E-state index contributed by atoms with van der Waals surface area (Å²) >= 11 is 0. The van der Waals surface area contributed by atoms with Crippen molar-refractivity contribution in [3.05, 3.63) is 36.0 Å². The molecule has 1 spiro atoms. The number of benzene rings is 1. The van der Waals surface area contributed by atoms with Crippen molar-refractivity contribution >= 4 is 11.9 Å². The second-order valence-electron chi connectivity index (χ2n) is 9.00. The van der Waals surface area contributed by atoms with Gasteiger partial charge in [-0.2, -0.15) is 5.10 Å². The van der Waals surface area contributed by atoms with Crippen molar-refractivity contribution in [3.63, 3.8) is 0 Å². The third-order valence-electron chi connectivity index (χ3n) is 6.78. The van der Waals surface area contributed by atoms with E-state index in [1.54, 1.807) is 19.1 Å². The van der Waals surface area contributed by atoms with Gasteiger partial charge in [0.1, 0.15) is 11.3 Å². The van der Waals surface area contributed by atoms with E-state index in [4.69, 9.17) is 9.47 Å². The van der Waals surface area contributed by atoms with E-state index in [0.29, 0.717) is 26.0 Å². The second kappa shape index (κ2) is 9.52. The number of hydrogen-bond acceptors (Lipinski definition) is 6. The molecule has 1 N–H and O–H groups in total.